The van der Waals surface area contributed by atoms with Gasteiger partial charge in [0.15, 0.2) is 11.6 Å². The summed E-state index contributed by atoms with van der Waals surface area (Å²) in [6, 6.07) is 0. The van der Waals surface area contributed by atoms with Crippen molar-refractivity contribution < 1.29 is 34.5 Å². The van der Waals surface area contributed by atoms with Crippen molar-refractivity contribution in [2.45, 2.75) is 99.2 Å². The summed E-state index contributed by atoms with van der Waals surface area (Å²) >= 11 is 0. The van der Waals surface area contributed by atoms with E-state index in [0.717, 1.165) is 0 Å². The molecular weight excluding hydrogens is 472 g/mol. The largest absolute Gasteiger partial charge is 0.481 e. The molecule has 1 unspecified atom stereocenters. The molecule has 0 aromatic heterocycles. The highest BCUT2D eigenvalue weighted by atomic mass is 16.4. The summed E-state index contributed by atoms with van der Waals surface area (Å²) < 4.78 is 0. The predicted octanol–water partition coefficient (Wildman–Crippen LogP) is 4.05. The molecule has 2 saturated carbocycles. The van der Waals surface area contributed by atoms with Gasteiger partial charge in [0.2, 0.25) is 0 Å². The van der Waals surface area contributed by atoms with E-state index < -0.39 is 45.8 Å². The Balaban J connectivity index is 1.80. The molecule has 0 spiro atoms. The molecule has 0 bridgehead atoms. The Bertz CT molecular complexity index is 1130. The predicted molar refractivity (Wildman–Crippen MR) is 137 cm³/mol. The van der Waals surface area contributed by atoms with Crippen molar-refractivity contribution in [3.63, 3.8) is 0 Å². The van der Waals surface area contributed by atoms with Crippen LogP contribution in [0.4, 0.5) is 0 Å². The number of aliphatic carboxylic acids is 1. The quantitative estimate of drug-likeness (QED) is 0.472. The van der Waals surface area contributed by atoms with Gasteiger partial charge in [-0.3, -0.25) is 19.2 Å². The molecule has 0 radical (unpaired) electrons. The second-order valence-electron chi connectivity index (χ2n) is 13.5. The Morgan fingerprint density at radius 1 is 1.11 bits per heavy atom. The summed E-state index contributed by atoms with van der Waals surface area (Å²) in [5, 5.41) is 31.5. The summed E-state index contributed by atoms with van der Waals surface area (Å²) in [6.07, 6.45) is 1.71. The van der Waals surface area contributed by atoms with Crippen molar-refractivity contribution in [2.24, 2.45) is 39.4 Å². The van der Waals surface area contributed by atoms with E-state index in [1.54, 1.807) is 6.92 Å². The molecule has 0 aliphatic heterocycles. The van der Waals surface area contributed by atoms with Gasteiger partial charge in [-0.15, -0.1) is 0 Å². The van der Waals surface area contributed by atoms with Crippen LogP contribution in [-0.2, 0) is 19.2 Å². The van der Waals surface area contributed by atoms with E-state index >= 15 is 0 Å². The molecule has 0 amide bonds. The second-order valence-corrected chi connectivity index (χ2v) is 13.5. The van der Waals surface area contributed by atoms with E-state index in [9.17, 15) is 29.4 Å². The van der Waals surface area contributed by atoms with Gasteiger partial charge in [-0.1, -0.05) is 40.2 Å². The fraction of sp³-hybridized carbons (Fsp3) is 0.733. The van der Waals surface area contributed by atoms with E-state index in [0.29, 0.717) is 36.0 Å². The fourth-order valence-electron chi connectivity index (χ4n) is 8.69. The number of ketones is 3. The van der Waals surface area contributed by atoms with Crippen LogP contribution in [0.2, 0.25) is 0 Å². The number of Topliss-reactive ketones (excluding diaryl/α,β-unsaturated/α-hetero) is 2. The highest BCUT2D eigenvalue weighted by Gasteiger charge is 2.69. The average molecular weight is 515 g/mol. The molecule has 7 nitrogen and oxygen atoms in total. The molecule has 3 N–H and O–H groups in total. The summed E-state index contributed by atoms with van der Waals surface area (Å²) in [5.41, 5.74) is -1.06. The lowest BCUT2D eigenvalue weighted by atomic mass is 9.42. The Morgan fingerprint density at radius 2 is 1.73 bits per heavy atom. The molecule has 4 rings (SSSR count). The molecule has 0 aromatic carbocycles. The number of allylic oxidation sites excluding steroid dienone is 3. The number of carbonyl (C=O) groups excluding carboxylic acids is 3. The topological polar surface area (TPSA) is 129 Å². The van der Waals surface area contributed by atoms with Crippen LogP contribution in [0.15, 0.2) is 22.8 Å². The molecule has 2 fully saturated rings. The van der Waals surface area contributed by atoms with Crippen LogP contribution in [0.1, 0.15) is 87.0 Å². The van der Waals surface area contributed by atoms with Crippen LogP contribution in [0, 0.1) is 39.4 Å². The van der Waals surface area contributed by atoms with Gasteiger partial charge in [-0.25, -0.2) is 0 Å². The highest BCUT2D eigenvalue weighted by molar-refractivity contribution is 6.05. The van der Waals surface area contributed by atoms with Gasteiger partial charge in [-0.05, 0) is 72.8 Å². The van der Waals surface area contributed by atoms with Crippen molar-refractivity contribution in [2.75, 3.05) is 0 Å². The number of hydrogen-bond acceptors (Lipinski definition) is 6. The summed E-state index contributed by atoms with van der Waals surface area (Å²) in [7, 11) is 0. The van der Waals surface area contributed by atoms with Crippen molar-refractivity contribution in [3.05, 3.63) is 22.8 Å². The first kappa shape index (κ1) is 27.9. The number of rotatable bonds is 5. The van der Waals surface area contributed by atoms with Crippen LogP contribution in [0.25, 0.3) is 0 Å². The third kappa shape index (κ3) is 3.75. The summed E-state index contributed by atoms with van der Waals surface area (Å²) in [4.78, 5) is 51.7. The zero-order valence-electron chi connectivity index (χ0n) is 23.2. The van der Waals surface area contributed by atoms with Crippen molar-refractivity contribution >= 4 is 23.3 Å². The Hall–Kier alpha value is -2.12. The first-order valence-corrected chi connectivity index (χ1v) is 13.5. The molecule has 7 heteroatoms. The minimum atomic E-state index is -1.05. The van der Waals surface area contributed by atoms with Gasteiger partial charge in [0.05, 0.1) is 23.5 Å². The van der Waals surface area contributed by atoms with E-state index in [4.69, 9.17) is 5.11 Å². The number of fused-ring (bicyclic) bond motifs is 4. The smallest absolute Gasteiger partial charge is 0.306 e. The van der Waals surface area contributed by atoms with E-state index in [2.05, 4.69) is 6.92 Å². The van der Waals surface area contributed by atoms with Gasteiger partial charge in [-0.2, -0.15) is 0 Å². The fourth-order valence-corrected chi connectivity index (χ4v) is 8.69. The van der Waals surface area contributed by atoms with Gasteiger partial charge in [0, 0.05) is 24.8 Å². The first-order valence-electron chi connectivity index (χ1n) is 13.5. The van der Waals surface area contributed by atoms with Gasteiger partial charge < -0.3 is 15.3 Å². The first-order chi connectivity index (χ1) is 16.9. The Kier molecular flexibility index (Phi) is 6.56. The van der Waals surface area contributed by atoms with Gasteiger partial charge in [0.1, 0.15) is 5.78 Å². The summed E-state index contributed by atoms with van der Waals surface area (Å²) in [6.45, 7) is 13.1. The van der Waals surface area contributed by atoms with E-state index in [1.165, 1.54) is 13.0 Å². The maximum atomic E-state index is 14.0. The highest BCUT2D eigenvalue weighted by Crippen LogP contribution is 2.70. The van der Waals surface area contributed by atoms with Crippen molar-refractivity contribution in [3.8, 4) is 0 Å². The Morgan fingerprint density at radius 3 is 2.32 bits per heavy atom. The second kappa shape index (κ2) is 8.70. The molecule has 0 saturated heterocycles. The third-order valence-electron chi connectivity index (χ3n) is 11.2. The number of aliphatic hydroxyl groups excluding tert-OH is 2. The zero-order chi connectivity index (χ0) is 27.9. The Labute approximate surface area is 219 Å². The molecule has 8 atom stereocenters. The zero-order valence-corrected chi connectivity index (χ0v) is 23.2. The van der Waals surface area contributed by atoms with Crippen LogP contribution in [-0.4, -0.2) is 50.8 Å². The maximum Gasteiger partial charge on any atom is 0.306 e. The van der Waals surface area contributed by atoms with E-state index in [1.807, 2.05) is 27.7 Å². The SMILES string of the molecule is C/C(=C/C(=O)C[C@@H](C)C(=O)O)[C@H]1CC(=O)[C@@]2(C)C3=C(C(=O)C[C@]12C)[C@@]1(C)CC[C@H](O)C(C)(C)C1C[C@@H]3O. The van der Waals surface area contributed by atoms with Crippen LogP contribution in [0.3, 0.4) is 0 Å². The van der Waals surface area contributed by atoms with Crippen LogP contribution < -0.4 is 0 Å². The number of carboxylic acid groups (broad SMARTS) is 1. The van der Waals surface area contributed by atoms with Crippen molar-refractivity contribution in [1.29, 1.82) is 0 Å². The molecule has 4 aliphatic carbocycles. The number of carboxylic acids is 1. The number of hydrogen-bond donors (Lipinski definition) is 3. The lowest BCUT2D eigenvalue weighted by Gasteiger charge is -2.61. The molecule has 37 heavy (non-hydrogen) atoms. The molecule has 0 heterocycles. The van der Waals surface area contributed by atoms with E-state index in [-0.39, 0.29) is 48.4 Å². The van der Waals surface area contributed by atoms with Crippen molar-refractivity contribution in [1.82, 2.24) is 0 Å². The number of aliphatic hydroxyl groups is 2. The average Bonchev–Trinajstić information content (AvgIpc) is 2.99. The monoisotopic (exact) mass is 514 g/mol. The number of carbonyl (C=O) groups is 4. The molecular formula is C30H42O7. The van der Waals surface area contributed by atoms with Crippen LogP contribution in [0.5, 0.6) is 0 Å². The van der Waals surface area contributed by atoms with Gasteiger partial charge in [0.25, 0.3) is 0 Å². The standard InChI is InChI=1S/C30H42O7/c1-15(10-17(31)11-16(2)26(36)37)18-12-23(35)30(7)25-19(32)13-21-27(3,4)22(34)8-9-28(21,5)24(25)20(33)14-29(18,30)6/h10,16,18-19,21-22,32,34H,8-9,11-14H2,1-7H3,(H,36,37)/b15-10-/t16-,18-,19+,21?,22+,28+,29-,30+/m1/s1. The molecule has 4 aliphatic rings. The normalized spacial score (nSPS) is 42.1. The van der Waals surface area contributed by atoms with Gasteiger partial charge >= 0.3 is 5.97 Å². The maximum absolute atomic E-state index is 14.0. The minimum absolute atomic E-state index is 0.0321. The van der Waals surface area contributed by atoms with Crippen LogP contribution >= 0.6 is 0 Å². The molecule has 204 valence electrons. The third-order valence-corrected chi connectivity index (χ3v) is 11.2. The lowest BCUT2D eigenvalue weighted by molar-refractivity contribution is -0.143. The minimum Gasteiger partial charge on any atom is -0.481 e. The summed E-state index contributed by atoms with van der Waals surface area (Å²) in [5.74, 6) is -2.71. The molecule has 0 aromatic rings. The lowest BCUT2D eigenvalue weighted by Crippen LogP contribution is -2.60.